The van der Waals surface area contributed by atoms with Crippen LogP contribution in [0.25, 0.3) is 0 Å². The van der Waals surface area contributed by atoms with E-state index in [0.29, 0.717) is 12.8 Å². The molecule has 1 aliphatic carbocycles. The van der Waals surface area contributed by atoms with Crippen molar-refractivity contribution in [1.82, 2.24) is 4.72 Å². The van der Waals surface area contributed by atoms with E-state index < -0.39 is 15.8 Å². The van der Waals surface area contributed by atoms with Crippen LogP contribution in [0.15, 0.2) is 23.1 Å². The van der Waals surface area contributed by atoms with Crippen LogP contribution in [-0.2, 0) is 10.0 Å². The van der Waals surface area contributed by atoms with E-state index in [-0.39, 0.29) is 22.0 Å². The van der Waals surface area contributed by atoms with Crippen molar-refractivity contribution in [2.24, 2.45) is 5.73 Å². The molecule has 0 aromatic heterocycles. The first-order chi connectivity index (χ1) is 8.87. The van der Waals surface area contributed by atoms with Gasteiger partial charge in [0.15, 0.2) is 0 Å². The summed E-state index contributed by atoms with van der Waals surface area (Å²) in [6, 6.07) is 3.26. The van der Waals surface area contributed by atoms with Gasteiger partial charge in [-0.2, -0.15) is 0 Å². The quantitative estimate of drug-likeness (QED) is 0.897. The minimum Gasteiger partial charge on any atom is -0.328 e. The fourth-order valence-corrected chi connectivity index (χ4v) is 3.86. The number of nitrogens with two attached hydrogens (primary N) is 1. The molecule has 2 rings (SSSR count). The Balaban J connectivity index is 2.14. The average molecular weight is 307 g/mol. The zero-order valence-electron chi connectivity index (χ0n) is 10.3. The summed E-state index contributed by atoms with van der Waals surface area (Å²) in [4.78, 5) is -0.146. The maximum Gasteiger partial charge on any atom is 0.240 e. The molecule has 3 N–H and O–H groups in total. The van der Waals surface area contributed by atoms with Gasteiger partial charge >= 0.3 is 0 Å². The number of rotatable bonds is 3. The Bertz CT molecular complexity index is 537. The van der Waals surface area contributed by atoms with Gasteiger partial charge in [-0.15, -0.1) is 0 Å². The molecule has 0 bridgehead atoms. The largest absolute Gasteiger partial charge is 0.328 e. The molecule has 0 radical (unpaired) electrons. The second-order valence-electron chi connectivity index (χ2n) is 4.84. The van der Waals surface area contributed by atoms with Crippen LogP contribution < -0.4 is 10.5 Å². The van der Waals surface area contributed by atoms with Gasteiger partial charge in [-0.25, -0.2) is 17.5 Å². The molecule has 1 fully saturated rings. The molecule has 0 aliphatic heterocycles. The summed E-state index contributed by atoms with van der Waals surface area (Å²) in [6.45, 7) is 0. The lowest BCUT2D eigenvalue weighted by Crippen LogP contribution is -2.40. The highest BCUT2D eigenvalue weighted by Crippen LogP contribution is 2.22. The predicted molar refractivity (Wildman–Crippen MR) is 72.0 cm³/mol. The molecule has 0 atom stereocenters. The second-order valence-corrected chi connectivity index (χ2v) is 6.99. The molecule has 0 unspecified atom stereocenters. The van der Waals surface area contributed by atoms with E-state index in [1.54, 1.807) is 0 Å². The molecule has 1 aromatic rings. The van der Waals surface area contributed by atoms with Gasteiger partial charge < -0.3 is 5.73 Å². The van der Waals surface area contributed by atoms with Crippen molar-refractivity contribution in [2.45, 2.75) is 42.7 Å². The SMILES string of the molecule is NC1CCC(NS(=O)(=O)c2cc(F)cc(Cl)c2)CC1. The molecule has 19 heavy (non-hydrogen) atoms. The van der Waals surface area contributed by atoms with Gasteiger partial charge in [-0.05, 0) is 43.9 Å². The summed E-state index contributed by atoms with van der Waals surface area (Å²) in [5.74, 6) is -0.668. The lowest BCUT2D eigenvalue weighted by Gasteiger charge is -2.26. The van der Waals surface area contributed by atoms with Gasteiger partial charge in [-0.1, -0.05) is 11.6 Å². The van der Waals surface area contributed by atoms with Crippen molar-refractivity contribution in [3.8, 4) is 0 Å². The predicted octanol–water partition coefficient (Wildman–Crippen LogP) is 2.03. The third-order valence-electron chi connectivity index (χ3n) is 3.24. The Morgan fingerprint density at radius 2 is 1.84 bits per heavy atom. The van der Waals surface area contributed by atoms with Gasteiger partial charge in [0.1, 0.15) is 5.82 Å². The average Bonchev–Trinajstić information content (AvgIpc) is 2.31. The second kappa shape index (κ2) is 5.75. The first-order valence-electron chi connectivity index (χ1n) is 6.11. The van der Waals surface area contributed by atoms with Gasteiger partial charge in [-0.3, -0.25) is 0 Å². The molecule has 0 saturated heterocycles. The fourth-order valence-electron chi connectivity index (χ4n) is 2.21. The number of halogens is 2. The maximum atomic E-state index is 13.2. The van der Waals surface area contributed by atoms with E-state index in [1.807, 2.05) is 0 Å². The van der Waals surface area contributed by atoms with E-state index in [9.17, 15) is 12.8 Å². The monoisotopic (exact) mass is 306 g/mol. The van der Waals surface area contributed by atoms with Crippen molar-refractivity contribution in [3.05, 3.63) is 29.0 Å². The van der Waals surface area contributed by atoms with Gasteiger partial charge in [0.25, 0.3) is 0 Å². The summed E-state index contributed by atoms with van der Waals surface area (Å²) in [5.41, 5.74) is 5.77. The van der Waals surface area contributed by atoms with E-state index >= 15 is 0 Å². The van der Waals surface area contributed by atoms with Crippen molar-refractivity contribution in [2.75, 3.05) is 0 Å². The molecule has 0 heterocycles. The molecule has 1 aromatic carbocycles. The molecule has 0 amide bonds. The van der Waals surface area contributed by atoms with Crippen molar-refractivity contribution < 1.29 is 12.8 Å². The summed E-state index contributed by atoms with van der Waals surface area (Å²) < 4.78 is 40.0. The molecule has 1 saturated carbocycles. The van der Waals surface area contributed by atoms with E-state index in [1.165, 1.54) is 6.07 Å². The lowest BCUT2D eigenvalue weighted by molar-refractivity contribution is 0.373. The Labute approximate surface area is 117 Å². The fraction of sp³-hybridized carbons (Fsp3) is 0.500. The minimum absolute atomic E-state index is 0.0611. The zero-order valence-corrected chi connectivity index (χ0v) is 11.8. The van der Waals surface area contributed by atoms with Gasteiger partial charge in [0.05, 0.1) is 4.90 Å². The van der Waals surface area contributed by atoms with E-state index in [2.05, 4.69) is 4.72 Å². The van der Waals surface area contributed by atoms with Crippen LogP contribution in [0.5, 0.6) is 0 Å². The standard InChI is InChI=1S/C12H16ClFN2O2S/c13-8-5-9(14)7-12(6-8)19(17,18)16-11-3-1-10(15)2-4-11/h5-7,10-11,16H,1-4,15H2. The zero-order chi connectivity index (χ0) is 14.0. The van der Waals surface area contributed by atoms with E-state index in [0.717, 1.165) is 25.0 Å². The number of sulfonamides is 1. The molecule has 7 heteroatoms. The third kappa shape index (κ3) is 3.89. The normalized spacial score (nSPS) is 24.4. The number of benzene rings is 1. The summed E-state index contributed by atoms with van der Waals surface area (Å²) in [5, 5.41) is 0.0611. The highest BCUT2D eigenvalue weighted by atomic mass is 35.5. The molecular weight excluding hydrogens is 291 g/mol. The molecular formula is C12H16ClFN2O2S. The number of nitrogens with one attached hydrogen (secondary N) is 1. The molecule has 0 spiro atoms. The highest BCUT2D eigenvalue weighted by molar-refractivity contribution is 7.89. The number of hydrogen-bond acceptors (Lipinski definition) is 3. The molecule has 106 valence electrons. The smallest absolute Gasteiger partial charge is 0.240 e. The van der Waals surface area contributed by atoms with Crippen molar-refractivity contribution in [1.29, 1.82) is 0 Å². The highest BCUT2D eigenvalue weighted by Gasteiger charge is 2.24. The van der Waals surface area contributed by atoms with Crippen LogP contribution in [0.2, 0.25) is 5.02 Å². The lowest BCUT2D eigenvalue weighted by atomic mass is 9.93. The number of hydrogen-bond donors (Lipinski definition) is 2. The first-order valence-corrected chi connectivity index (χ1v) is 7.97. The maximum absolute atomic E-state index is 13.2. The van der Waals surface area contributed by atoms with E-state index in [4.69, 9.17) is 17.3 Å². The Kier molecular flexibility index (Phi) is 4.45. The van der Waals surface area contributed by atoms with Crippen LogP contribution in [0.4, 0.5) is 4.39 Å². The Hall–Kier alpha value is -0.690. The van der Waals surface area contributed by atoms with Crippen molar-refractivity contribution in [3.63, 3.8) is 0 Å². The summed E-state index contributed by atoms with van der Waals surface area (Å²) in [6.07, 6.45) is 2.97. The van der Waals surface area contributed by atoms with Crippen LogP contribution in [0.1, 0.15) is 25.7 Å². The first kappa shape index (κ1) is 14.7. The Morgan fingerprint density at radius 1 is 1.21 bits per heavy atom. The molecule has 4 nitrogen and oxygen atoms in total. The summed E-state index contributed by atoms with van der Waals surface area (Å²) in [7, 11) is -3.74. The van der Waals surface area contributed by atoms with Gasteiger partial charge in [0.2, 0.25) is 10.0 Å². The van der Waals surface area contributed by atoms with Crippen LogP contribution in [0, 0.1) is 5.82 Å². The van der Waals surface area contributed by atoms with Crippen molar-refractivity contribution >= 4 is 21.6 Å². The third-order valence-corrected chi connectivity index (χ3v) is 4.96. The molecule has 1 aliphatic rings. The Morgan fingerprint density at radius 3 is 2.42 bits per heavy atom. The van der Waals surface area contributed by atoms with Crippen LogP contribution in [-0.4, -0.2) is 20.5 Å². The van der Waals surface area contributed by atoms with Crippen LogP contribution >= 0.6 is 11.6 Å². The topological polar surface area (TPSA) is 72.2 Å². The van der Waals surface area contributed by atoms with Gasteiger partial charge in [0, 0.05) is 17.1 Å². The van der Waals surface area contributed by atoms with Crippen LogP contribution in [0.3, 0.4) is 0 Å². The minimum atomic E-state index is -3.74. The summed E-state index contributed by atoms with van der Waals surface area (Å²) >= 11 is 5.67.